The first-order chi connectivity index (χ1) is 14.0. The lowest BCUT2D eigenvalue weighted by Gasteiger charge is -2.21. The van der Waals surface area contributed by atoms with Gasteiger partial charge in [0.25, 0.3) is 5.91 Å². The highest BCUT2D eigenvalue weighted by atomic mass is 16.5. The Bertz CT molecular complexity index is 993. The molecule has 1 aromatic heterocycles. The van der Waals surface area contributed by atoms with Crippen molar-refractivity contribution in [3.8, 4) is 11.5 Å². The number of rotatable bonds is 7. The van der Waals surface area contributed by atoms with Gasteiger partial charge in [0.1, 0.15) is 17.2 Å². The zero-order chi connectivity index (χ0) is 20.8. The van der Waals surface area contributed by atoms with Crippen LogP contribution in [0, 0.1) is 6.92 Å². The molecule has 0 radical (unpaired) electrons. The Balaban J connectivity index is 1.93. The molecule has 1 N–H and O–H groups in total. The number of hydrogen-bond donors (Lipinski definition) is 1. The van der Waals surface area contributed by atoms with Crippen molar-refractivity contribution in [1.29, 1.82) is 0 Å². The highest BCUT2D eigenvalue weighted by Crippen LogP contribution is 2.30. The fourth-order valence-corrected chi connectivity index (χ4v) is 2.96. The molecule has 0 atom stereocenters. The van der Waals surface area contributed by atoms with Crippen molar-refractivity contribution in [1.82, 2.24) is 9.97 Å². The van der Waals surface area contributed by atoms with E-state index in [4.69, 9.17) is 9.47 Å². The molecule has 0 aliphatic heterocycles. The molecule has 0 spiro atoms. The second-order valence-corrected chi connectivity index (χ2v) is 6.29. The van der Waals surface area contributed by atoms with Crippen LogP contribution in [-0.4, -0.2) is 36.6 Å². The molecule has 1 heterocycles. The highest BCUT2D eigenvalue weighted by molar-refractivity contribution is 6.05. The summed E-state index contributed by atoms with van der Waals surface area (Å²) in [4.78, 5) is 23.7. The summed E-state index contributed by atoms with van der Waals surface area (Å²) in [6, 6.07) is 16.6. The van der Waals surface area contributed by atoms with Gasteiger partial charge in [-0.15, -0.1) is 0 Å². The molecule has 7 heteroatoms. The number of para-hydroxylation sites is 1. The summed E-state index contributed by atoms with van der Waals surface area (Å²) in [5.41, 5.74) is 2.45. The van der Waals surface area contributed by atoms with E-state index in [0.717, 1.165) is 5.69 Å². The average molecular weight is 392 g/mol. The molecule has 150 valence electrons. The Morgan fingerprint density at radius 1 is 1.03 bits per heavy atom. The Kier molecular flexibility index (Phi) is 6.29. The molecule has 29 heavy (non-hydrogen) atoms. The summed E-state index contributed by atoms with van der Waals surface area (Å²) in [5, 5.41) is 3.13. The van der Waals surface area contributed by atoms with Crippen LogP contribution in [0.3, 0.4) is 0 Å². The van der Waals surface area contributed by atoms with Gasteiger partial charge in [-0.05, 0) is 44.2 Å². The van der Waals surface area contributed by atoms with E-state index < -0.39 is 0 Å². The zero-order valence-corrected chi connectivity index (χ0v) is 17.0. The maximum absolute atomic E-state index is 13.1. The Labute approximate surface area is 170 Å². The molecule has 0 saturated heterocycles. The van der Waals surface area contributed by atoms with Crippen LogP contribution in [-0.2, 0) is 0 Å². The lowest BCUT2D eigenvalue weighted by molar-refractivity contribution is 0.0983. The molecular weight excluding hydrogens is 368 g/mol. The number of amides is 1. The lowest BCUT2D eigenvalue weighted by atomic mass is 10.2. The number of aryl methyl sites for hydroxylation is 1. The molecule has 3 rings (SSSR count). The smallest absolute Gasteiger partial charge is 0.277 e. The SMILES string of the molecule is CCN(C(=O)c1cc(C)nc(Nc2cc(OC)ccc2OC)n1)c1ccccc1. The molecule has 0 aliphatic carbocycles. The number of methoxy groups -OCH3 is 2. The van der Waals surface area contributed by atoms with Gasteiger partial charge in [0, 0.05) is 24.0 Å². The Hall–Kier alpha value is -3.61. The first-order valence-corrected chi connectivity index (χ1v) is 9.27. The van der Waals surface area contributed by atoms with Gasteiger partial charge in [-0.1, -0.05) is 18.2 Å². The van der Waals surface area contributed by atoms with Crippen LogP contribution in [0.15, 0.2) is 54.6 Å². The average Bonchev–Trinajstić information content (AvgIpc) is 2.74. The predicted octanol–water partition coefficient (Wildman–Crippen LogP) is 4.21. The quantitative estimate of drug-likeness (QED) is 0.649. The zero-order valence-electron chi connectivity index (χ0n) is 17.0. The summed E-state index contributed by atoms with van der Waals surface area (Å²) in [6.45, 7) is 4.28. The van der Waals surface area contributed by atoms with Crippen molar-refractivity contribution in [2.75, 3.05) is 31.0 Å². The number of carbonyl (C=O) groups excluding carboxylic acids is 1. The van der Waals surface area contributed by atoms with E-state index in [1.54, 1.807) is 43.4 Å². The Morgan fingerprint density at radius 3 is 2.45 bits per heavy atom. The summed E-state index contributed by atoms with van der Waals surface area (Å²) >= 11 is 0. The van der Waals surface area contributed by atoms with Crippen LogP contribution in [0.2, 0.25) is 0 Å². The second kappa shape index (κ2) is 9.05. The van der Waals surface area contributed by atoms with Crippen LogP contribution in [0.25, 0.3) is 0 Å². The van der Waals surface area contributed by atoms with Gasteiger partial charge in [-0.3, -0.25) is 4.79 Å². The molecule has 1 amide bonds. The number of ether oxygens (including phenoxy) is 2. The molecule has 2 aromatic carbocycles. The van der Waals surface area contributed by atoms with Crippen molar-refractivity contribution in [2.24, 2.45) is 0 Å². The first kappa shape index (κ1) is 20.1. The Morgan fingerprint density at radius 2 is 1.79 bits per heavy atom. The predicted molar refractivity (Wildman–Crippen MR) is 113 cm³/mol. The van der Waals surface area contributed by atoms with E-state index in [-0.39, 0.29) is 5.91 Å². The third-order valence-electron chi connectivity index (χ3n) is 4.36. The van der Waals surface area contributed by atoms with E-state index in [2.05, 4.69) is 15.3 Å². The molecule has 0 saturated carbocycles. The summed E-state index contributed by atoms with van der Waals surface area (Å²) < 4.78 is 10.7. The van der Waals surface area contributed by atoms with Crippen molar-refractivity contribution >= 4 is 23.2 Å². The molecule has 0 bridgehead atoms. The number of nitrogens with one attached hydrogen (secondary N) is 1. The van der Waals surface area contributed by atoms with Crippen LogP contribution in [0.1, 0.15) is 23.1 Å². The fraction of sp³-hybridized carbons (Fsp3) is 0.227. The van der Waals surface area contributed by atoms with Gasteiger partial charge in [-0.25, -0.2) is 9.97 Å². The topological polar surface area (TPSA) is 76.6 Å². The fourth-order valence-electron chi connectivity index (χ4n) is 2.96. The number of nitrogens with zero attached hydrogens (tertiary/aromatic N) is 3. The monoisotopic (exact) mass is 392 g/mol. The molecule has 7 nitrogen and oxygen atoms in total. The minimum atomic E-state index is -0.190. The van der Waals surface area contributed by atoms with Crippen molar-refractivity contribution < 1.29 is 14.3 Å². The number of anilines is 3. The van der Waals surface area contributed by atoms with Crippen LogP contribution < -0.4 is 19.7 Å². The van der Waals surface area contributed by atoms with E-state index in [0.29, 0.717) is 41.1 Å². The molecule has 0 aliphatic rings. The van der Waals surface area contributed by atoms with Gasteiger partial charge in [0.05, 0.1) is 19.9 Å². The number of hydrogen-bond acceptors (Lipinski definition) is 6. The lowest BCUT2D eigenvalue weighted by Crippen LogP contribution is -2.31. The standard InChI is InChI=1S/C22H24N4O3/c1-5-26(16-9-7-6-8-10-16)21(27)19-13-15(2)23-22(25-19)24-18-14-17(28-3)11-12-20(18)29-4/h6-14H,5H2,1-4H3,(H,23,24,25). The number of benzene rings is 2. The van der Waals surface area contributed by atoms with Gasteiger partial charge < -0.3 is 19.7 Å². The minimum Gasteiger partial charge on any atom is -0.497 e. The van der Waals surface area contributed by atoms with E-state index in [1.807, 2.05) is 44.2 Å². The van der Waals surface area contributed by atoms with Crippen molar-refractivity contribution in [2.45, 2.75) is 13.8 Å². The first-order valence-electron chi connectivity index (χ1n) is 9.27. The largest absolute Gasteiger partial charge is 0.497 e. The van der Waals surface area contributed by atoms with Crippen molar-refractivity contribution in [3.05, 3.63) is 66.0 Å². The summed E-state index contributed by atoms with van der Waals surface area (Å²) in [7, 11) is 3.17. The van der Waals surface area contributed by atoms with Gasteiger partial charge >= 0.3 is 0 Å². The van der Waals surface area contributed by atoms with Crippen LogP contribution in [0.5, 0.6) is 11.5 Å². The van der Waals surface area contributed by atoms with E-state index >= 15 is 0 Å². The molecular formula is C22H24N4O3. The maximum atomic E-state index is 13.1. The highest BCUT2D eigenvalue weighted by Gasteiger charge is 2.19. The summed E-state index contributed by atoms with van der Waals surface area (Å²) in [6.07, 6.45) is 0. The van der Waals surface area contributed by atoms with Crippen LogP contribution >= 0.6 is 0 Å². The van der Waals surface area contributed by atoms with E-state index in [1.165, 1.54) is 0 Å². The molecule has 0 unspecified atom stereocenters. The van der Waals surface area contributed by atoms with Gasteiger partial charge in [0.15, 0.2) is 0 Å². The molecule has 0 fully saturated rings. The maximum Gasteiger partial charge on any atom is 0.277 e. The van der Waals surface area contributed by atoms with Gasteiger partial charge in [-0.2, -0.15) is 0 Å². The van der Waals surface area contributed by atoms with E-state index in [9.17, 15) is 4.79 Å². The third kappa shape index (κ3) is 4.63. The van der Waals surface area contributed by atoms with Gasteiger partial charge in [0.2, 0.25) is 5.95 Å². The third-order valence-corrected chi connectivity index (χ3v) is 4.36. The number of aromatic nitrogens is 2. The van der Waals surface area contributed by atoms with Crippen LogP contribution in [0.4, 0.5) is 17.3 Å². The molecule has 3 aromatic rings. The number of carbonyl (C=O) groups is 1. The normalized spacial score (nSPS) is 10.3. The minimum absolute atomic E-state index is 0.190. The summed E-state index contributed by atoms with van der Waals surface area (Å²) in [5.74, 6) is 1.40. The second-order valence-electron chi connectivity index (χ2n) is 6.29. The van der Waals surface area contributed by atoms with Crippen molar-refractivity contribution in [3.63, 3.8) is 0 Å².